The summed E-state index contributed by atoms with van der Waals surface area (Å²) in [5, 5.41) is 0.518. The lowest BCUT2D eigenvalue weighted by Crippen LogP contribution is -1.93. The van der Waals surface area contributed by atoms with E-state index in [4.69, 9.17) is 22.1 Å². The van der Waals surface area contributed by atoms with Crippen LogP contribution in [0, 0.1) is 13.8 Å². The van der Waals surface area contributed by atoms with E-state index in [0.29, 0.717) is 16.5 Å². The zero-order valence-electron chi connectivity index (χ0n) is 9.83. The average molecular weight is 248 g/mol. The van der Waals surface area contributed by atoms with Crippen LogP contribution in [0.25, 0.3) is 0 Å². The Morgan fingerprint density at radius 3 is 2.29 bits per heavy atom. The molecule has 2 aromatic carbocycles. The van der Waals surface area contributed by atoms with E-state index in [-0.39, 0.29) is 0 Å². The van der Waals surface area contributed by atoms with Crippen LogP contribution in [0.1, 0.15) is 11.1 Å². The zero-order valence-corrected chi connectivity index (χ0v) is 10.6. The second-order valence-electron chi connectivity index (χ2n) is 4.08. The first-order chi connectivity index (χ1) is 8.06. The van der Waals surface area contributed by atoms with Crippen molar-refractivity contribution in [1.29, 1.82) is 0 Å². The maximum Gasteiger partial charge on any atom is 0.168 e. The van der Waals surface area contributed by atoms with E-state index in [1.165, 1.54) is 0 Å². The van der Waals surface area contributed by atoms with Crippen molar-refractivity contribution in [3.8, 4) is 11.5 Å². The van der Waals surface area contributed by atoms with Crippen molar-refractivity contribution in [3.05, 3.63) is 52.5 Å². The van der Waals surface area contributed by atoms with E-state index in [1.807, 2.05) is 26.0 Å². The Morgan fingerprint density at radius 1 is 1.06 bits per heavy atom. The van der Waals surface area contributed by atoms with Crippen molar-refractivity contribution >= 4 is 17.3 Å². The van der Waals surface area contributed by atoms with Crippen LogP contribution in [0.15, 0.2) is 36.4 Å². The number of benzene rings is 2. The molecule has 17 heavy (non-hydrogen) atoms. The Kier molecular flexibility index (Phi) is 3.25. The van der Waals surface area contributed by atoms with E-state index in [0.717, 1.165) is 16.9 Å². The predicted octanol–water partition coefficient (Wildman–Crippen LogP) is 4.33. The summed E-state index contributed by atoms with van der Waals surface area (Å²) in [6, 6.07) is 11.3. The van der Waals surface area contributed by atoms with Crippen molar-refractivity contribution in [2.45, 2.75) is 13.8 Å². The van der Waals surface area contributed by atoms with Gasteiger partial charge in [-0.3, -0.25) is 0 Å². The van der Waals surface area contributed by atoms with Gasteiger partial charge in [-0.1, -0.05) is 23.7 Å². The van der Waals surface area contributed by atoms with Gasteiger partial charge in [-0.2, -0.15) is 0 Å². The number of halogens is 1. The van der Waals surface area contributed by atoms with Gasteiger partial charge in [0.25, 0.3) is 0 Å². The van der Waals surface area contributed by atoms with E-state index in [2.05, 4.69) is 6.07 Å². The standard InChI is InChI=1S/C14H14ClNO/c1-9-6-10(2)8-11(7-9)17-14-12(15)4-3-5-13(14)16/h3-8H,16H2,1-2H3. The Hall–Kier alpha value is -1.67. The molecule has 0 aliphatic carbocycles. The number of rotatable bonds is 2. The second-order valence-corrected chi connectivity index (χ2v) is 4.49. The van der Waals surface area contributed by atoms with Crippen molar-refractivity contribution < 1.29 is 4.74 Å². The molecular formula is C14H14ClNO. The van der Waals surface area contributed by atoms with Crippen LogP contribution in [-0.4, -0.2) is 0 Å². The molecule has 0 saturated carbocycles. The highest BCUT2D eigenvalue weighted by atomic mass is 35.5. The molecule has 0 spiro atoms. The maximum absolute atomic E-state index is 6.05. The van der Waals surface area contributed by atoms with E-state index in [1.54, 1.807) is 18.2 Å². The molecule has 2 rings (SSSR count). The zero-order chi connectivity index (χ0) is 12.4. The fraction of sp³-hybridized carbons (Fsp3) is 0.143. The van der Waals surface area contributed by atoms with Gasteiger partial charge in [0, 0.05) is 0 Å². The second kappa shape index (κ2) is 4.68. The summed E-state index contributed by atoms with van der Waals surface area (Å²) in [5.41, 5.74) is 8.66. The summed E-state index contributed by atoms with van der Waals surface area (Å²) in [7, 11) is 0. The third-order valence-corrected chi connectivity index (χ3v) is 2.71. The summed E-state index contributed by atoms with van der Waals surface area (Å²) >= 11 is 6.05. The lowest BCUT2D eigenvalue weighted by molar-refractivity contribution is 0.484. The van der Waals surface area contributed by atoms with E-state index < -0.39 is 0 Å². The summed E-state index contributed by atoms with van der Waals surface area (Å²) < 4.78 is 5.74. The minimum absolute atomic E-state index is 0.513. The molecule has 0 aromatic heterocycles. The van der Waals surface area contributed by atoms with Crippen LogP contribution < -0.4 is 10.5 Å². The fourth-order valence-electron chi connectivity index (χ4n) is 1.74. The third kappa shape index (κ3) is 2.71. The summed E-state index contributed by atoms with van der Waals surface area (Å²) in [5.74, 6) is 1.27. The van der Waals surface area contributed by atoms with Crippen molar-refractivity contribution in [2.75, 3.05) is 5.73 Å². The highest BCUT2D eigenvalue weighted by Gasteiger charge is 2.07. The van der Waals surface area contributed by atoms with Crippen LogP contribution in [0.3, 0.4) is 0 Å². The van der Waals surface area contributed by atoms with Crippen LogP contribution >= 0.6 is 11.6 Å². The molecule has 0 bridgehead atoms. The molecule has 0 aliphatic heterocycles. The average Bonchev–Trinajstić information content (AvgIpc) is 2.22. The molecule has 0 unspecified atom stereocenters. The number of ether oxygens (including phenoxy) is 1. The smallest absolute Gasteiger partial charge is 0.168 e. The maximum atomic E-state index is 6.05. The molecule has 0 heterocycles. The molecule has 2 nitrogen and oxygen atoms in total. The van der Waals surface area contributed by atoms with Gasteiger partial charge in [-0.15, -0.1) is 0 Å². The van der Waals surface area contributed by atoms with Gasteiger partial charge in [-0.05, 0) is 49.2 Å². The molecule has 3 heteroatoms. The lowest BCUT2D eigenvalue weighted by Gasteiger charge is -2.11. The predicted molar refractivity (Wildman–Crippen MR) is 71.9 cm³/mol. The molecule has 0 radical (unpaired) electrons. The lowest BCUT2D eigenvalue weighted by atomic mass is 10.1. The quantitative estimate of drug-likeness (QED) is 0.802. The normalized spacial score (nSPS) is 10.3. The minimum Gasteiger partial charge on any atom is -0.454 e. The summed E-state index contributed by atoms with van der Waals surface area (Å²) in [6.45, 7) is 4.05. The van der Waals surface area contributed by atoms with Gasteiger partial charge >= 0.3 is 0 Å². The molecule has 0 amide bonds. The van der Waals surface area contributed by atoms with E-state index >= 15 is 0 Å². The topological polar surface area (TPSA) is 35.2 Å². The first kappa shape index (κ1) is 11.8. The third-order valence-electron chi connectivity index (χ3n) is 2.41. The molecule has 0 fully saturated rings. The Bertz CT molecular complexity index is 511. The highest BCUT2D eigenvalue weighted by molar-refractivity contribution is 6.32. The molecular weight excluding hydrogens is 234 g/mol. The molecule has 0 saturated heterocycles. The van der Waals surface area contributed by atoms with Crippen molar-refractivity contribution in [3.63, 3.8) is 0 Å². The van der Waals surface area contributed by atoms with Gasteiger partial charge < -0.3 is 10.5 Å². The number of para-hydroxylation sites is 1. The molecule has 0 aliphatic rings. The van der Waals surface area contributed by atoms with Crippen molar-refractivity contribution in [1.82, 2.24) is 0 Å². The monoisotopic (exact) mass is 247 g/mol. The first-order valence-corrected chi connectivity index (χ1v) is 5.74. The van der Waals surface area contributed by atoms with Crippen LogP contribution in [-0.2, 0) is 0 Å². The summed E-state index contributed by atoms with van der Waals surface area (Å²) in [6.07, 6.45) is 0. The Morgan fingerprint density at radius 2 is 1.71 bits per heavy atom. The molecule has 0 atom stereocenters. The van der Waals surface area contributed by atoms with Gasteiger partial charge in [-0.25, -0.2) is 0 Å². The largest absolute Gasteiger partial charge is 0.454 e. The first-order valence-electron chi connectivity index (χ1n) is 5.36. The number of hydrogen-bond donors (Lipinski definition) is 1. The fourth-order valence-corrected chi connectivity index (χ4v) is 1.96. The number of hydrogen-bond acceptors (Lipinski definition) is 2. The van der Waals surface area contributed by atoms with Crippen molar-refractivity contribution in [2.24, 2.45) is 0 Å². The van der Waals surface area contributed by atoms with Gasteiger partial charge in [0.1, 0.15) is 5.75 Å². The minimum atomic E-state index is 0.513. The molecule has 2 aromatic rings. The van der Waals surface area contributed by atoms with Crippen LogP contribution in [0.5, 0.6) is 11.5 Å². The Labute approximate surface area is 106 Å². The van der Waals surface area contributed by atoms with Crippen LogP contribution in [0.2, 0.25) is 5.02 Å². The highest BCUT2D eigenvalue weighted by Crippen LogP contribution is 2.35. The molecule has 88 valence electrons. The van der Waals surface area contributed by atoms with Crippen LogP contribution in [0.4, 0.5) is 5.69 Å². The number of aryl methyl sites for hydroxylation is 2. The number of nitrogens with two attached hydrogens (primary N) is 1. The SMILES string of the molecule is Cc1cc(C)cc(Oc2c(N)cccc2Cl)c1. The summed E-state index contributed by atoms with van der Waals surface area (Å²) in [4.78, 5) is 0. The van der Waals surface area contributed by atoms with Gasteiger partial charge in [0.2, 0.25) is 0 Å². The number of anilines is 1. The Balaban J connectivity index is 2.38. The number of nitrogen functional groups attached to an aromatic ring is 1. The van der Waals surface area contributed by atoms with Gasteiger partial charge in [0.05, 0.1) is 10.7 Å². The van der Waals surface area contributed by atoms with E-state index in [9.17, 15) is 0 Å². The van der Waals surface area contributed by atoms with Gasteiger partial charge in [0.15, 0.2) is 5.75 Å². The molecule has 2 N–H and O–H groups in total.